The van der Waals surface area contributed by atoms with E-state index in [2.05, 4.69) is 10.6 Å². The maximum Gasteiger partial charge on any atom is 0.407 e. The first kappa shape index (κ1) is 36.3. The first-order chi connectivity index (χ1) is 23.2. The lowest BCUT2D eigenvalue weighted by Crippen LogP contribution is -2.66. The molecule has 16 heteroatoms. The number of carbonyl (C=O) groups excluding carboxylic acids is 6. The lowest BCUT2D eigenvalue weighted by molar-refractivity contribution is -0.257. The average molecular weight is 685 g/mol. The summed E-state index contributed by atoms with van der Waals surface area (Å²) in [5.41, 5.74) is 3.87. The van der Waals surface area contributed by atoms with Gasteiger partial charge < -0.3 is 44.2 Å². The summed E-state index contributed by atoms with van der Waals surface area (Å²) in [6.07, 6.45) is -9.53. The van der Waals surface area contributed by atoms with Gasteiger partial charge in [0.15, 0.2) is 24.5 Å². The molecule has 2 aromatic carbocycles. The Bertz CT molecular complexity index is 1560. The van der Waals surface area contributed by atoms with E-state index in [9.17, 15) is 38.7 Å². The van der Waals surface area contributed by atoms with E-state index in [4.69, 9.17) is 28.4 Å². The van der Waals surface area contributed by atoms with E-state index in [-0.39, 0.29) is 12.5 Å². The summed E-state index contributed by atoms with van der Waals surface area (Å²) in [6.45, 7) is 3.57. The monoisotopic (exact) mass is 684 g/mol. The predicted molar refractivity (Wildman–Crippen MR) is 164 cm³/mol. The van der Waals surface area contributed by atoms with Crippen molar-refractivity contribution >= 4 is 41.8 Å². The van der Waals surface area contributed by atoms with Gasteiger partial charge in [-0.2, -0.15) is 0 Å². The lowest BCUT2D eigenvalue weighted by Gasteiger charge is -2.44. The zero-order valence-electron chi connectivity index (χ0n) is 27.0. The molecule has 16 nitrogen and oxygen atoms in total. The normalized spacial score (nSPS) is 21.5. The van der Waals surface area contributed by atoms with Crippen LogP contribution in [0.25, 0.3) is 11.1 Å². The SMILES string of the molecule is CC(=O)OCC1O[C@@H](NC(=O)C[C@H](NC(=O)OCC2c3ccccc3-c3ccccc32)C(=O)O)C(OC(C)=O)[C@H](OC(C)=O)[C@@H]1OC(C)=O. The molecule has 0 radical (unpaired) electrons. The highest BCUT2D eigenvalue weighted by atomic mass is 16.7. The van der Waals surface area contributed by atoms with E-state index < -0.39 is 91.6 Å². The summed E-state index contributed by atoms with van der Waals surface area (Å²) in [5, 5.41) is 14.3. The second-order valence-electron chi connectivity index (χ2n) is 11.3. The molecule has 1 fully saturated rings. The third kappa shape index (κ3) is 9.31. The van der Waals surface area contributed by atoms with Crippen molar-refractivity contribution in [3.8, 4) is 11.1 Å². The highest BCUT2D eigenvalue weighted by molar-refractivity contribution is 5.87. The molecular weight excluding hydrogens is 648 g/mol. The van der Waals surface area contributed by atoms with E-state index in [1.807, 2.05) is 48.5 Å². The summed E-state index contributed by atoms with van der Waals surface area (Å²) >= 11 is 0. The third-order valence-corrected chi connectivity index (χ3v) is 7.62. The van der Waals surface area contributed by atoms with Crippen LogP contribution in [0.3, 0.4) is 0 Å². The second-order valence-corrected chi connectivity index (χ2v) is 11.3. The van der Waals surface area contributed by atoms with Crippen LogP contribution in [-0.2, 0) is 57.2 Å². The van der Waals surface area contributed by atoms with E-state index in [1.54, 1.807) is 0 Å². The van der Waals surface area contributed by atoms with E-state index in [0.29, 0.717) is 0 Å². The van der Waals surface area contributed by atoms with Crippen LogP contribution in [0.15, 0.2) is 48.5 Å². The van der Waals surface area contributed by atoms with Crippen molar-refractivity contribution in [2.24, 2.45) is 0 Å². The van der Waals surface area contributed by atoms with Crippen LogP contribution in [0, 0.1) is 0 Å². The van der Waals surface area contributed by atoms with Gasteiger partial charge in [0.1, 0.15) is 25.4 Å². The molecule has 262 valence electrons. The molecule has 2 aliphatic rings. The number of rotatable bonds is 12. The summed E-state index contributed by atoms with van der Waals surface area (Å²) in [7, 11) is 0. The van der Waals surface area contributed by atoms with E-state index in [1.165, 1.54) is 0 Å². The number of esters is 4. The molecular formula is C33H36N2O14. The molecule has 1 aliphatic heterocycles. The molecule has 6 atom stereocenters. The van der Waals surface area contributed by atoms with Gasteiger partial charge in [0.2, 0.25) is 5.91 Å². The fourth-order valence-corrected chi connectivity index (χ4v) is 5.73. The number of carboxylic acid groups (broad SMARTS) is 1. The molecule has 1 heterocycles. The number of amides is 2. The summed E-state index contributed by atoms with van der Waals surface area (Å²) in [4.78, 5) is 85.5. The number of alkyl carbamates (subject to hydrolysis) is 1. The molecule has 2 aromatic rings. The van der Waals surface area contributed by atoms with Crippen LogP contribution in [0.4, 0.5) is 4.79 Å². The van der Waals surface area contributed by atoms with Crippen molar-refractivity contribution in [1.82, 2.24) is 10.6 Å². The van der Waals surface area contributed by atoms with Gasteiger partial charge in [-0.15, -0.1) is 0 Å². The molecule has 2 unspecified atom stereocenters. The van der Waals surface area contributed by atoms with Crippen LogP contribution in [0.1, 0.15) is 51.2 Å². The van der Waals surface area contributed by atoms with Crippen LogP contribution in [0.2, 0.25) is 0 Å². The maximum absolute atomic E-state index is 13.2. The topological polar surface area (TPSA) is 219 Å². The molecule has 1 aliphatic carbocycles. The van der Waals surface area contributed by atoms with Crippen LogP contribution in [0.5, 0.6) is 0 Å². The molecule has 4 rings (SSSR count). The Labute approximate surface area is 280 Å². The lowest BCUT2D eigenvalue weighted by atomic mass is 9.97. The van der Waals surface area contributed by atoms with Gasteiger partial charge in [-0.1, -0.05) is 48.5 Å². The fourth-order valence-electron chi connectivity index (χ4n) is 5.73. The molecule has 0 spiro atoms. The average Bonchev–Trinajstić information content (AvgIpc) is 3.34. The number of nitrogens with one attached hydrogen (secondary N) is 2. The van der Waals surface area contributed by atoms with Crippen molar-refractivity contribution in [1.29, 1.82) is 0 Å². The van der Waals surface area contributed by atoms with Crippen LogP contribution >= 0.6 is 0 Å². The largest absolute Gasteiger partial charge is 0.480 e. The van der Waals surface area contributed by atoms with Crippen LogP contribution in [-0.4, -0.2) is 96.9 Å². The van der Waals surface area contributed by atoms with Crippen molar-refractivity contribution in [2.75, 3.05) is 13.2 Å². The Kier molecular flexibility index (Phi) is 11.9. The highest BCUT2D eigenvalue weighted by Gasteiger charge is 2.52. The Hall–Kier alpha value is -5.51. The van der Waals surface area contributed by atoms with Crippen molar-refractivity contribution in [3.05, 3.63) is 59.7 Å². The smallest absolute Gasteiger partial charge is 0.407 e. The third-order valence-electron chi connectivity index (χ3n) is 7.62. The zero-order chi connectivity index (χ0) is 35.8. The Morgan fingerprint density at radius 2 is 1.24 bits per heavy atom. The van der Waals surface area contributed by atoms with Gasteiger partial charge in [0.05, 0.1) is 6.42 Å². The number of fused-ring (bicyclic) bond motifs is 3. The van der Waals surface area contributed by atoms with Crippen molar-refractivity contribution < 1.29 is 67.1 Å². The second kappa shape index (κ2) is 16.1. The zero-order valence-corrected chi connectivity index (χ0v) is 27.0. The first-order valence-electron chi connectivity index (χ1n) is 15.2. The fraction of sp³-hybridized carbons (Fsp3) is 0.424. The van der Waals surface area contributed by atoms with Gasteiger partial charge >= 0.3 is 35.9 Å². The molecule has 0 bridgehead atoms. The Morgan fingerprint density at radius 3 is 1.78 bits per heavy atom. The van der Waals surface area contributed by atoms with Gasteiger partial charge in [-0.25, -0.2) is 9.59 Å². The Morgan fingerprint density at radius 1 is 0.714 bits per heavy atom. The number of carbonyl (C=O) groups is 7. The number of hydrogen-bond donors (Lipinski definition) is 3. The molecule has 2 amide bonds. The van der Waals surface area contributed by atoms with E-state index >= 15 is 0 Å². The summed E-state index contributed by atoms with van der Waals surface area (Å²) < 4.78 is 32.1. The molecule has 0 aromatic heterocycles. The van der Waals surface area contributed by atoms with Gasteiger partial charge in [-0.05, 0) is 22.3 Å². The van der Waals surface area contributed by atoms with Gasteiger partial charge in [-0.3, -0.25) is 24.0 Å². The van der Waals surface area contributed by atoms with Gasteiger partial charge in [0, 0.05) is 33.6 Å². The number of carboxylic acids is 1. The number of hydrogen-bond acceptors (Lipinski definition) is 13. The molecule has 1 saturated heterocycles. The maximum atomic E-state index is 13.2. The molecule has 0 saturated carbocycles. The molecule has 49 heavy (non-hydrogen) atoms. The van der Waals surface area contributed by atoms with Crippen molar-refractivity contribution in [2.45, 2.75) is 76.7 Å². The Balaban J connectivity index is 1.46. The standard InChI is InChI=1S/C33H36N2O14/c1-16(36)44-15-26-28(46-17(2)37)29(47-18(3)38)30(48-19(4)39)31(49-26)35-27(40)13-25(32(41)42)34-33(43)45-14-24-22-11-7-5-9-20(22)21-10-6-8-12-23(21)24/h5-12,24-26,28-31H,13-15H2,1-4H3,(H,34,43)(H,35,40)(H,41,42)/t25-,26?,28+,29+,30?,31+/m0/s1. The number of aliphatic carboxylic acids is 1. The minimum atomic E-state index is -1.78. The quantitative estimate of drug-likeness (QED) is 0.214. The molecule has 3 N–H and O–H groups in total. The highest BCUT2D eigenvalue weighted by Crippen LogP contribution is 2.44. The summed E-state index contributed by atoms with van der Waals surface area (Å²) in [6, 6.07) is 13.5. The minimum Gasteiger partial charge on any atom is -0.480 e. The predicted octanol–water partition coefficient (Wildman–Crippen LogP) is 1.57. The number of ether oxygens (including phenoxy) is 6. The van der Waals surface area contributed by atoms with E-state index in [0.717, 1.165) is 49.9 Å². The number of benzene rings is 2. The van der Waals surface area contributed by atoms with Crippen LogP contribution < -0.4 is 10.6 Å². The van der Waals surface area contributed by atoms with Crippen molar-refractivity contribution in [3.63, 3.8) is 0 Å². The first-order valence-corrected chi connectivity index (χ1v) is 15.2. The van der Waals surface area contributed by atoms with Gasteiger partial charge in [0.25, 0.3) is 0 Å². The summed E-state index contributed by atoms with van der Waals surface area (Å²) in [5.74, 6) is -6.22. The minimum absolute atomic E-state index is 0.108.